The molecule has 0 fully saturated rings. The van der Waals surface area contributed by atoms with Gasteiger partial charge in [0.1, 0.15) is 0 Å². The van der Waals surface area contributed by atoms with Crippen molar-refractivity contribution in [2.45, 2.75) is 0 Å². The highest BCUT2D eigenvalue weighted by atomic mass is 16.7. The third kappa shape index (κ3) is 3.15. The van der Waals surface area contributed by atoms with Gasteiger partial charge in [-0.2, -0.15) is 4.84 Å². The largest absolute Gasteiger partial charge is 0.411 e. The van der Waals surface area contributed by atoms with E-state index in [0.717, 1.165) is 11.1 Å². The van der Waals surface area contributed by atoms with Gasteiger partial charge in [-0.05, 0) is 23.3 Å². The molecule has 2 aromatic carbocycles. The van der Waals surface area contributed by atoms with E-state index in [1.807, 2.05) is 48.5 Å². The van der Waals surface area contributed by atoms with Crippen molar-refractivity contribution in [3.05, 3.63) is 90.8 Å². The number of pyridine rings is 1. The van der Waals surface area contributed by atoms with Crippen LogP contribution in [-0.4, -0.2) is 5.97 Å². The minimum atomic E-state index is -0.381. The molecule has 0 unspecified atom stereocenters. The molecule has 3 aromatic rings. The number of carbonyl (C=O) groups excluding carboxylic acids is 1. The summed E-state index contributed by atoms with van der Waals surface area (Å²) < 4.78 is 1.40. The van der Waals surface area contributed by atoms with E-state index in [4.69, 9.17) is 4.84 Å². The van der Waals surface area contributed by atoms with Gasteiger partial charge in [-0.15, -0.1) is 0 Å². The van der Waals surface area contributed by atoms with E-state index < -0.39 is 0 Å². The first-order valence-corrected chi connectivity index (χ1v) is 6.67. The molecular weight excluding hydrogens is 262 g/mol. The van der Waals surface area contributed by atoms with Gasteiger partial charge in [0.2, 0.25) is 12.4 Å². The third-order valence-electron chi connectivity index (χ3n) is 3.11. The molecule has 3 heteroatoms. The average Bonchev–Trinajstić information content (AvgIpc) is 2.57. The summed E-state index contributed by atoms with van der Waals surface area (Å²) >= 11 is 0. The summed E-state index contributed by atoms with van der Waals surface area (Å²) in [6.45, 7) is 0. The molecule has 0 atom stereocenters. The van der Waals surface area contributed by atoms with Crippen molar-refractivity contribution in [1.82, 2.24) is 0 Å². The highest BCUT2D eigenvalue weighted by Gasteiger charge is 2.13. The first-order chi connectivity index (χ1) is 10.3. The van der Waals surface area contributed by atoms with E-state index >= 15 is 0 Å². The summed E-state index contributed by atoms with van der Waals surface area (Å²) in [6, 6.07) is 22.8. The van der Waals surface area contributed by atoms with Crippen molar-refractivity contribution in [3.8, 4) is 11.1 Å². The van der Waals surface area contributed by atoms with Crippen LogP contribution in [0, 0.1) is 0 Å². The Kier molecular flexibility index (Phi) is 3.74. The lowest BCUT2D eigenvalue weighted by Gasteiger charge is -2.00. The lowest BCUT2D eigenvalue weighted by Crippen LogP contribution is -2.45. The van der Waals surface area contributed by atoms with Crippen LogP contribution >= 0.6 is 0 Å². The van der Waals surface area contributed by atoms with Crippen LogP contribution in [0.5, 0.6) is 0 Å². The van der Waals surface area contributed by atoms with Gasteiger partial charge in [0.05, 0.1) is 5.56 Å². The molecule has 0 bridgehead atoms. The van der Waals surface area contributed by atoms with Crippen LogP contribution in [-0.2, 0) is 0 Å². The van der Waals surface area contributed by atoms with Gasteiger partial charge in [-0.25, -0.2) is 4.79 Å². The second-order valence-corrected chi connectivity index (χ2v) is 4.56. The smallest absolute Gasteiger partial charge is 0.239 e. The maximum atomic E-state index is 11.9. The van der Waals surface area contributed by atoms with E-state index in [2.05, 4.69) is 0 Å². The number of hydrogen-bond donors (Lipinski definition) is 0. The van der Waals surface area contributed by atoms with Crippen LogP contribution in [0.25, 0.3) is 11.1 Å². The van der Waals surface area contributed by atoms with E-state index in [1.54, 1.807) is 36.7 Å². The molecule has 0 spiro atoms. The van der Waals surface area contributed by atoms with Crippen molar-refractivity contribution in [2.24, 2.45) is 0 Å². The second-order valence-electron chi connectivity index (χ2n) is 4.56. The van der Waals surface area contributed by atoms with Crippen molar-refractivity contribution in [1.29, 1.82) is 0 Å². The van der Waals surface area contributed by atoms with E-state index in [9.17, 15) is 4.79 Å². The third-order valence-corrected chi connectivity index (χ3v) is 3.11. The van der Waals surface area contributed by atoms with Gasteiger partial charge < -0.3 is 0 Å². The Hall–Kier alpha value is -2.94. The number of hydrogen-bond acceptors (Lipinski definition) is 2. The van der Waals surface area contributed by atoms with Gasteiger partial charge in [-0.1, -0.05) is 48.5 Å². The molecule has 0 aliphatic carbocycles. The summed E-state index contributed by atoms with van der Waals surface area (Å²) in [4.78, 5) is 17.2. The second kappa shape index (κ2) is 6.01. The van der Waals surface area contributed by atoms with Crippen molar-refractivity contribution >= 4 is 5.97 Å². The summed E-state index contributed by atoms with van der Waals surface area (Å²) in [5.74, 6) is -0.381. The molecule has 0 radical (unpaired) electrons. The predicted octanol–water partition coefficient (Wildman–Crippen LogP) is 2.91. The average molecular weight is 276 g/mol. The van der Waals surface area contributed by atoms with Crippen LogP contribution in [0.4, 0.5) is 0 Å². The first kappa shape index (κ1) is 13.1. The van der Waals surface area contributed by atoms with E-state index in [0.29, 0.717) is 5.56 Å². The Bertz CT molecular complexity index is 722. The lowest BCUT2D eigenvalue weighted by molar-refractivity contribution is -0.868. The van der Waals surface area contributed by atoms with Crippen molar-refractivity contribution in [3.63, 3.8) is 0 Å². The Labute approximate surface area is 123 Å². The summed E-state index contributed by atoms with van der Waals surface area (Å²) in [6.07, 6.45) is 3.45. The molecule has 1 aromatic heterocycles. The molecule has 0 saturated heterocycles. The van der Waals surface area contributed by atoms with Gasteiger partial charge in [-0.3, -0.25) is 0 Å². The Morgan fingerprint density at radius 2 is 1.24 bits per heavy atom. The fraction of sp³-hybridized carbons (Fsp3) is 0. The highest BCUT2D eigenvalue weighted by Crippen LogP contribution is 2.16. The topological polar surface area (TPSA) is 30.2 Å². The van der Waals surface area contributed by atoms with Crippen LogP contribution in [0.1, 0.15) is 10.4 Å². The number of benzene rings is 2. The fourth-order valence-electron chi connectivity index (χ4n) is 2.02. The molecule has 0 aliphatic rings. The zero-order valence-electron chi connectivity index (χ0n) is 11.3. The van der Waals surface area contributed by atoms with Gasteiger partial charge in [0.25, 0.3) is 0 Å². The summed E-state index contributed by atoms with van der Waals surface area (Å²) in [5, 5.41) is 0. The molecule has 0 saturated carbocycles. The van der Waals surface area contributed by atoms with Gasteiger partial charge in [0, 0.05) is 16.9 Å². The molecule has 102 valence electrons. The molecule has 0 amide bonds. The number of rotatable bonds is 3. The normalized spacial score (nSPS) is 10.1. The maximum absolute atomic E-state index is 11.9. The zero-order chi connectivity index (χ0) is 14.5. The van der Waals surface area contributed by atoms with E-state index in [-0.39, 0.29) is 5.97 Å². The van der Waals surface area contributed by atoms with Crippen molar-refractivity contribution < 1.29 is 14.4 Å². The van der Waals surface area contributed by atoms with Crippen LogP contribution in [0.3, 0.4) is 0 Å². The quantitative estimate of drug-likeness (QED) is 0.689. The van der Waals surface area contributed by atoms with Crippen LogP contribution in [0.15, 0.2) is 85.2 Å². The zero-order valence-corrected chi connectivity index (χ0v) is 11.3. The minimum Gasteiger partial charge on any atom is -0.239 e. The van der Waals surface area contributed by atoms with Gasteiger partial charge in [0.15, 0.2) is 0 Å². The Morgan fingerprint density at radius 3 is 1.86 bits per heavy atom. The standard InChI is InChI=1S/C18H14NO2/c20-18(17-9-5-2-6-10-17)21-19-13-11-16(12-14-19)15-7-3-1-4-8-15/h1-14H/q+1. The van der Waals surface area contributed by atoms with Gasteiger partial charge >= 0.3 is 5.97 Å². The number of aromatic nitrogens is 1. The summed E-state index contributed by atoms with van der Waals surface area (Å²) in [5.41, 5.74) is 2.72. The molecule has 3 rings (SSSR count). The predicted molar refractivity (Wildman–Crippen MR) is 79.4 cm³/mol. The van der Waals surface area contributed by atoms with Crippen molar-refractivity contribution in [2.75, 3.05) is 0 Å². The highest BCUT2D eigenvalue weighted by molar-refractivity contribution is 5.89. The maximum Gasteiger partial charge on any atom is 0.411 e. The SMILES string of the molecule is O=C(O[n+]1ccc(-c2ccccc2)cc1)c1ccccc1. The monoisotopic (exact) mass is 276 g/mol. The molecule has 0 N–H and O–H groups in total. The number of carbonyl (C=O) groups is 1. The van der Waals surface area contributed by atoms with Crippen LogP contribution < -0.4 is 9.57 Å². The first-order valence-electron chi connectivity index (χ1n) is 6.67. The molecule has 21 heavy (non-hydrogen) atoms. The number of nitrogens with zero attached hydrogens (tertiary/aromatic N) is 1. The molecule has 0 aliphatic heterocycles. The lowest BCUT2D eigenvalue weighted by atomic mass is 10.1. The molecule has 1 heterocycles. The summed E-state index contributed by atoms with van der Waals surface area (Å²) in [7, 11) is 0. The Morgan fingerprint density at radius 1 is 0.714 bits per heavy atom. The minimum absolute atomic E-state index is 0.381. The Balaban J connectivity index is 1.75. The molecule has 3 nitrogen and oxygen atoms in total. The van der Waals surface area contributed by atoms with E-state index in [1.165, 1.54) is 4.73 Å². The van der Waals surface area contributed by atoms with Crippen LogP contribution in [0.2, 0.25) is 0 Å². The molecular formula is C18H14NO2+. The fourth-order valence-corrected chi connectivity index (χ4v) is 2.02.